The highest BCUT2D eigenvalue weighted by Gasteiger charge is 2.22. The van der Waals surface area contributed by atoms with Crippen molar-refractivity contribution in [3.05, 3.63) is 218 Å². The molecule has 10 aromatic carbocycles. The molecule has 2 aromatic heterocycles. The topological polar surface area (TPSA) is 21.3 Å². The minimum Gasteiger partial charge on any atom is -0.456 e. The first kappa shape index (κ1) is 33.3. The van der Waals surface area contributed by atoms with Crippen LogP contribution in [0.15, 0.2) is 223 Å². The van der Waals surface area contributed by atoms with Gasteiger partial charge in [-0.1, -0.05) is 146 Å². The van der Waals surface area contributed by atoms with Crippen molar-refractivity contribution in [3.63, 3.8) is 0 Å². The maximum absolute atomic E-state index is 6.33. The SMILES string of the molecule is c1ccc(-c2cc(-c3ccccc3)c3c(c2)c2ccc(N(c4ccc5ccc6ccccc6c5c4)c4ccc5oc6ccccc6c5c4)cc2n3-c2ccccc2)cc1. The van der Waals surface area contributed by atoms with Gasteiger partial charge in [0.15, 0.2) is 0 Å². The van der Waals surface area contributed by atoms with Crippen LogP contribution in [0.1, 0.15) is 0 Å². The summed E-state index contributed by atoms with van der Waals surface area (Å²) in [7, 11) is 0. The van der Waals surface area contributed by atoms with Gasteiger partial charge in [-0.2, -0.15) is 0 Å². The number of hydrogen-bond acceptors (Lipinski definition) is 2. The van der Waals surface area contributed by atoms with E-state index in [1.807, 2.05) is 12.1 Å². The number of aromatic nitrogens is 1. The molecule has 276 valence electrons. The molecule has 0 aliphatic rings. The number of anilines is 3. The molecule has 0 radical (unpaired) electrons. The summed E-state index contributed by atoms with van der Waals surface area (Å²) in [4.78, 5) is 2.41. The van der Waals surface area contributed by atoms with Crippen molar-refractivity contribution >= 4 is 82.4 Å². The average molecular weight is 753 g/mol. The lowest BCUT2D eigenvalue weighted by Crippen LogP contribution is -2.10. The lowest BCUT2D eigenvalue weighted by molar-refractivity contribution is 0.669. The van der Waals surface area contributed by atoms with E-state index in [2.05, 4.69) is 216 Å². The summed E-state index contributed by atoms with van der Waals surface area (Å²) in [5.74, 6) is 0. The molecule has 0 fully saturated rings. The number of fused-ring (bicyclic) bond motifs is 9. The minimum atomic E-state index is 0.877. The Hall–Kier alpha value is -7.88. The zero-order chi connectivity index (χ0) is 38.9. The third kappa shape index (κ3) is 5.44. The molecular weight excluding hydrogens is 717 g/mol. The van der Waals surface area contributed by atoms with Gasteiger partial charge in [-0.15, -0.1) is 0 Å². The van der Waals surface area contributed by atoms with Gasteiger partial charge in [-0.3, -0.25) is 0 Å². The summed E-state index contributed by atoms with van der Waals surface area (Å²) in [6.45, 7) is 0. The summed E-state index contributed by atoms with van der Waals surface area (Å²) in [5, 5.41) is 9.52. The largest absolute Gasteiger partial charge is 0.456 e. The molecule has 0 bridgehead atoms. The number of hydrogen-bond donors (Lipinski definition) is 0. The first-order valence-corrected chi connectivity index (χ1v) is 20.2. The Labute approximate surface area is 341 Å². The molecule has 0 N–H and O–H groups in total. The van der Waals surface area contributed by atoms with Crippen LogP contribution in [0.2, 0.25) is 0 Å². The summed E-state index contributed by atoms with van der Waals surface area (Å²) < 4.78 is 8.79. The van der Waals surface area contributed by atoms with E-state index in [0.29, 0.717) is 0 Å². The van der Waals surface area contributed by atoms with Crippen molar-refractivity contribution in [1.82, 2.24) is 4.57 Å². The molecule has 0 saturated carbocycles. The quantitative estimate of drug-likeness (QED) is 0.158. The predicted molar refractivity (Wildman–Crippen MR) is 249 cm³/mol. The predicted octanol–water partition coefficient (Wildman–Crippen LogP) is 15.8. The first-order chi connectivity index (χ1) is 29.2. The average Bonchev–Trinajstić information content (AvgIpc) is 3.85. The van der Waals surface area contributed by atoms with Gasteiger partial charge in [0.2, 0.25) is 0 Å². The van der Waals surface area contributed by atoms with Crippen LogP contribution in [0.4, 0.5) is 17.1 Å². The first-order valence-electron chi connectivity index (χ1n) is 20.2. The molecule has 0 unspecified atom stereocenters. The molecule has 12 aromatic rings. The molecule has 0 amide bonds. The van der Waals surface area contributed by atoms with Crippen LogP contribution < -0.4 is 4.90 Å². The van der Waals surface area contributed by atoms with E-state index < -0.39 is 0 Å². The Morgan fingerprint density at radius 2 is 0.915 bits per heavy atom. The normalized spacial score (nSPS) is 11.7. The second-order valence-corrected chi connectivity index (χ2v) is 15.3. The summed E-state index contributed by atoms with van der Waals surface area (Å²) in [6, 6.07) is 78.9. The van der Waals surface area contributed by atoms with Gasteiger partial charge >= 0.3 is 0 Å². The van der Waals surface area contributed by atoms with Crippen molar-refractivity contribution in [1.29, 1.82) is 0 Å². The number of furan rings is 1. The summed E-state index contributed by atoms with van der Waals surface area (Å²) in [5.41, 5.74) is 13.2. The number of nitrogens with zero attached hydrogens (tertiary/aromatic N) is 2. The standard InChI is InChI=1S/C56H36N2O/c1-4-14-37(15-5-1)41-32-50(38-16-6-2-7-17-38)56-52(33-41)47-30-28-45(36-53(47)58(56)42-19-8-3-9-20-42)57(44-29-31-55-51(35-44)48-22-12-13-23-54(48)59-55)43-27-26-40-25-24-39-18-10-11-21-46(39)49(40)34-43/h1-36H. The molecule has 0 spiro atoms. The molecule has 0 atom stereocenters. The van der Waals surface area contributed by atoms with Gasteiger partial charge in [0, 0.05) is 49.9 Å². The smallest absolute Gasteiger partial charge is 0.135 e. The zero-order valence-electron chi connectivity index (χ0n) is 32.1. The molecular formula is C56H36N2O. The molecule has 59 heavy (non-hydrogen) atoms. The highest BCUT2D eigenvalue weighted by atomic mass is 16.3. The summed E-state index contributed by atoms with van der Waals surface area (Å²) in [6.07, 6.45) is 0. The van der Waals surface area contributed by atoms with Gasteiger partial charge < -0.3 is 13.9 Å². The van der Waals surface area contributed by atoms with Crippen LogP contribution in [0, 0.1) is 0 Å². The molecule has 2 heterocycles. The van der Waals surface area contributed by atoms with Gasteiger partial charge in [-0.25, -0.2) is 0 Å². The monoisotopic (exact) mass is 752 g/mol. The fourth-order valence-electron chi connectivity index (χ4n) is 9.18. The maximum atomic E-state index is 6.33. The van der Waals surface area contributed by atoms with E-state index >= 15 is 0 Å². The zero-order valence-corrected chi connectivity index (χ0v) is 32.1. The summed E-state index contributed by atoms with van der Waals surface area (Å²) >= 11 is 0. The molecule has 12 rings (SSSR count). The van der Waals surface area contributed by atoms with Crippen molar-refractivity contribution in [2.75, 3.05) is 4.90 Å². The Balaban J connectivity index is 1.17. The third-order valence-electron chi connectivity index (χ3n) is 11.9. The van der Waals surface area contributed by atoms with Gasteiger partial charge in [0.25, 0.3) is 0 Å². The Kier molecular flexibility index (Phi) is 7.54. The second kappa shape index (κ2) is 13.4. The van der Waals surface area contributed by atoms with E-state index in [1.54, 1.807) is 0 Å². The van der Waals surface area contributed by atoms with Crippen LogP contribution in [-0.2, 0) is 0 Å². The third-order valence-corrected chi connectivity index (χ3v) is 11.9. The van der Waals surface area contributed by atoms with Gasteiger partial charge in [0.1, 0.15) is 11.2 Å². The molecule has 0 aliphatic carbocycles. The minimum absolute atomic E-state index is 0.877. The second-order valence-electron chi connectivity index (χ2n) is 15.3. The highest BCUT2D eigenvalue weighted by Crippen LogP contribution is 2.45. The van der Waals surface area contributed by atoms with E-state index in [0.717, 1.165) is 50.2 Å². The van der Waals surface area contributed by atoms with E-state index in [1.165, 1.54) is 60.1 Å². The molecule has 0 saturated heterocycles. The number of benzene rings is 10. The van der Waals surface area contributed by atoms with Crippen molar-refractivity contribution in [2.24, 2.45) is 0 Å². The lowest BCUT2D eigenvalue weighted by Gasteiger charge is -2.26. The van der Waals surface area contributed by atoms with Crippen molar-refractivity contribution in [3.8, 4) is 27.9 Å². The fourth-order valence-corrected chi connectivity index (χ4v) is 9.18. The Morgan fingerprint density at radius 1 is 0.339 bits per heavy atom. The van der Waals surface area contributed by atoms with Crippen LogP contribution in [0.5, 0.6) is 0 Å². The molecule has 3 nitrogen and oxygen atoms in total. The maximum Gasteiger partial charge on any atom is 0.135 e. The Morgan fingerprint density at radius 3 is 1.71 bits per heavy atom. The van der Waals surface area contributed by atoms with Crippen LogP contribution >= 0.6 is 0 Å². The lowest BCUT2D eigenvalue weighted by atomic mass is 9.95. The van der Waals surface area contributed by atoms with E-state index in [-0.39, 0.29) is 0 Å². The molecule has 3 heteroatoms. The van der Waals surface area contributed by atoms with Crippen LogP contribution in [-0.4, -0.2) is 4.57 Å². The van der Waals surface area contributed by atoms with Crippen LogP contribution in [0.3, 0.4) is 0 Å². The number of para-hydroxylation sites is 2. The van der Waals surface area contributed by atoms with Crippen molar-refractivity contribution in [2.45, 2.75) is 0 Å². The Bertz CT molecular complexity index is 3550. The molecule has 0 aliphatic heterocycles. The fraction of sp³-hybridized carbons (Fsp3) is 0. The van der Waals surface area contributed by atoms with E-state index in [9.17, 15) is 0 Å². The van der Waals surface area contributed by atoms with Gasteiger partial charge in [-0.05, 0) is 111 Å². The van der Waals surface area contributed by atoms with Gasteiger partial charge in [0.05, 0.1) is 11.0 Å². The number of rotatable bonds is 6. The highest BCUT2D eigenvalue weighted by molar-refractivity contribution is 6.16. The van der Waals surface area contributed by atoms with E-state index in [4.69, 9.17) is 4.42 Å². The van der Waals surface area contributed by atoms with Crippen LogP contribution in [0.25, 0.3) is 93.2 Å². The van der Waals surface area contributed by atoms with Crippen molar-refractivity contribution < 1.29 is 4.42 Å².